The van der Waals surface area contributed by atoms with Gasteiger partial charge in [0.1, 0.15) is 0 Å². The molecule has 1 aromatic carbocycles. The molecule has 1 aliphatic rings. The van der Waals surface area contributed by atoms with Crippen molar-refractivity contribution in [3.8, 4) is 0 Å². The summed E-state index contributed by atoms with van der Waals surface area (Å²) in [5.74, 6) is 0. The van der Waals surface area contributed by atoms with Gasteiger partial charge >= 0.3 is 0 Å². The number of hydrogen-bond donors (Lipinski definition) is 1. The first-order valence-corrected chi connectivity index (χ1v) is 7.75. The third kappa shape index (κ3) is 2.46. The Bertz CT molecular complexity index is 620. The number of benzene rings is 1. The molecular formula is C15H15N3S2. The van der Waals surface area contributed by atoms with Gasteiger partial charge in [0.15, 0.2) is 5.11 Å². The van der Waals surface area contributed by atoms with Crippen molar-refractivity contribution in [1.82, 2.24) is 10.3 Å². The van der Waals surface area contributed by atoms with Crippen molar-refractivity contribution in [3.05, 3.63) is 58.3 Å². The standard InChI is InChI=1S/C15H15N3S2/c1-16-15(19)18-13(14-8-5-9-20-14)10-12(17-18)11-6-3-2-4-7-11/h2-9,13H,10H2,1H3,(H,16,19). The predicted octanol–water partition coefficient (Wildman–Crippen LogP) is 3.40. The summed E-state index contributed by atoms with van der Waals surface area (Å²) in [4.78, 5) is 1.29. The van der Waals surface area contributed by atoms with Gasteiger partial charge in [0.25, 0.3) is 0 Å². The summed E-state index contributed by atoms with van der Waals surface area (Å²) in [6.07, 6.45) is 0.881. The van der Waals surface area contributed by atoms with Crippen LogP contribution in [0, 0.1) is 0 Å². The Labute approximate surface area is 127 Å². The Morgan fingerprint density at radius 2 is 2.10 bits per heavy atom. The lowest BCUT2D eigenvalue weighted by atomic mass is 10.0. The monoisotopic (exact) mass is 301 g/mol. The summed E-state index contributed by atoms with van der Waals surface area (Å²) >= 11 is 7.13. The smallest absolute Gasteiger partial charge is 0.190 e. The molecule has 2 aromatic rings. The van der Waals surface area contributed by atoms with Crippen LogP contribution in [0.15, 0.2) is 52.9 Å². The second-order valence-corrected chi connectivity index (χ2v) is 5.91. The summed E-state index contributed by atoms with van der Waals surface area (Å²) in [5.41, 5.74) is 2.25. The number of thiocarbonyl (C=S) groups is 1. The van der Waals surface area contributed by atoms with Crippen molar-refractivity contribution in [2.45, 2.75) is 12.5 Å². The highest BCUT2D eigenvalue weighted by molar-refractivity contribution is 7.80. The van der Waals surface area contributed by atoms with Crippen molar-refractivity contribution >= 4 is 34.4 Å². The zero-order valence-corrected chi connectivity index (χ0v) is 12.7. The maximum Gasteiger partial charge on any atom is 0.190 e. The van der Waals surface area contributed by atoms with Gasteiger partial charge in [0.2, 0.25) is 0 Å². The predicted molar refractivity (Wildman–Crippen MR) is 88.2 cm³/mol. The van der Waals surface area contributed by atoms with Crippen molar-refractivity contribution in [2.24, 2.45) is 5.10 Å². The van der Waals surface area contributed by atoms with Gasteiger partial charge in [0, 0.05) is 18.3 Å². The molecule has 0 spiro atoms. The van der Waals surface area contributed by atoms with E-state index in [4.69, 9.17) is 17.3 Å². The molecule has 3 nitrogen and oxygen atoms in total. The van der Waals surface area contributed by atoms with Crippen molar-refractivity contribution < 1.29 is 0 Å². The number of thiophene rings is 1. The van der Waals surface area contributed by atoms with Crippen LogP contribution in [0.4, 0.5) is 0 Å². The van der Waals surface area contributed by atoms with Gasteiger partial charge < -0.3 is 5.32 Å². The van der Waals surface area contributed by atoms with E-state index in [0.29, 0.717) is 5.11 Å². The lowest BCUT2D eigenvalue weighted by molar-refractivity contribution is 0.371. The second-order valence-electron chi connectivity index (χ2n) is 4.55. The first-order chi connectivity index (χ1) is 9.79. The molecule has 2 heterocycles. The molecule has 3 rings (SSSR count). The van der Waals surface area contributed by atoms with Crippen LogP contribution >= 0.6 is 23.6 Å². The fourth-order valence-corrected chi connectivity index (χ4v) is 3.30. The van der Waals surface area contributed by atoms with E-state index in [1.807, 2.05) is 30.3 Å². The third-order valence-corrected chi connectivity index (χ3v) is 4.68. The van der Waals surface area contributed by atoms with Crippen LogP contribution in [0.25, 0.3) is 0 Å². The minimum Gasteiger partial charge on any atom is -0.364 e. The summed E-state index contributed by atoms with van der Waals surface area (Å²) in [5, 5.41) is 12.4. The molecule has 0 fully saturated rings. The van der Waals surface area contributed by atoms with Crippen LogP contribution in [0.3, 0.4) is 0 Å². The van der Waals surface area contributed by atoms with E-state index >= 15 is 0 Å². The van der Waals surface area contributed by atoms with Crippen molar-refractivity contribution in [3.63, 3.8) is 0 Å². The molecule has 0 saturated carbocycles. The molecule has 102 valence electrons. The lowest BCUT2D eigenvalue weighted by Crippen LogP contribution is -2.34. The second kappa shape index (κ2) is 5.73. The zero-order valence-electron chi connectivity index (χ0n) is 11.1. The molecular weight excluding hydrogens is 286 g/mol. The highest BCUT2D eigenvalue weighted by atomic mass is 32.1. The average Bonchev–Trinajstić information content (AvgIpc) is 3.16. The van der Waals surface area contributed by atoms with Gasteiger partial charge in [-0.25, -0.2) is 5.01 Å². The van der Waals surface area contributed by atoms with Crippen LogP contribution in [-0.4, -0.2) is 22.9 Å². The molecule has 1 unspecified atom stereocenters. The topological polar surface area (TPSA) is 27.6 Å². The Balaban J connectivity index is 1.93. The highest BCUT2D eigenvalue weighted by Gasteiger charge is 2.31. The quantitative estimate of drug-likeness (QED) is 0.862. The first kappa shape index (κ1) is 13.3. The van der Waals surface area contributed by atoms with Crippen molar-refractivity contribution in [2.75, 3.05) is 7.05 Å². The van der Waals surface area contributed by atoms with Crippen LogP contribution in [0.2, 0.25) is 0 Å². The van der Waals surface area contributed by atoms with E-state index in [1.165, 1.54) is 4.88 Å². The van der Waals surface area contributed by atoms with Gasteiger partial charge in [-0.3, -0.25) is 0 Å². The summed E-state index contributed by atoms with van der Waals surface area (Å²) in [7, 11) is 1.84. The van der Waals surface area contributed by atoms with E-state index in [-0.39, 0.29) is 6.04 Å². The number of hydrogen-bond acceptors (Lipinski definition) is 3. The third-order valence-electron chi connectivity index (χ3n) is 3.31. The van der Waals surface area contributed by atoms with E-state index < -0.39 is 0 Å². The number of nitrogens with zero attached hydrogens (tertiary/aromatic N) is 2. The molecule has 0 radical (unpaired) electrons. The normalized spacial score (nSPS) is 17.9. The Morgan fingerprint density at radius 3 is 2.75 bits per heavy atom. The summed E-state index contributed by atoms with van der Waals surface area (Å²) in [6, 6.07) is 14.7. The zero-order chi connectivity index (χ0) is 13.9. The molecule has 1 N–H and O–H groups in total. The SMILES string of the molecule is CNC(=S)N1N=C(c2ccccc2)CC1c1cccs1. The largest absolute Gasteiger partial charge is 0.364 e. The first-order valence-electron chi connectivity index (χ1n) is 6.47. The minimum absolute atomic E-state index is 0.199. The maximum atomic E-state index is 5.38. The van der Waals surface area contributed by atoms with E-state index in [0.717, 1.165) is 17.7 Å². The molecule has 20 heavy (non-hydrogen) atoms. The molecule has 0 saturated heterocycles. The van der Waals surface area contributed by atoms with Gasteiger partial charge in [-0.15, -0.1) is 11.3 Å². The fraction of sp³-hybridized carbons (Fsp3) is 0.200. The molecule has 0 aliphatic carbocycles. The van der Waals surface area contributed by atoms with Crippen LogP contribution in [-0.2, 0) is 0 Å². The van der Waals surface area contributed by atoms with E-state index in [9.17, 15) is 0 Å². The molecule has 1 aromatic heterocycles. The minimum atomic E-state index is 0.199. The van der Waals surface area contributed by atoms with Gasteiger partial charge in [-0.05, 0) is 29.2 Å². The summed E-state index contributed by atoms with van der Waals surface area (Å²) < 4.78 is 0. The molecule has 1 atom stereocenters. The molecule has 5 heteroatoms. The fourth-order valence-electron chi connectivity index (χ4n) is 2.32. The van der Waals surface area contributed by atoms with Crippen LogP contribution in [0.5, 0.6) is 0 Å². The molecule has 0 bridgehead atoms. The maximum absolute atomic E-state index is 5.38. The van der Waals surface area contributed by atoms with Crippen molar-refractivity contribution in [1.29, 1.82) is 0 Å². The van der Waals surface area contributed by atoms with Crippen LogP contribution in [0.1, 0.15) is 22.9 Å². The number of hydrazone groups is 1. The number of rotatable bonds is 2. The van der Waals surface area contributed by atoms with Crippen LogP contribution < -0.4 is 5.32 Å². The van der Waals surface area contributed by atoms with Gasteiger partial charge in [0.05, 0.1) is 11.8 Å². The Kier molecular flexibility index (Phi) is 3.80. The molecule has 0 amide bonds. The van der Waals surface area contributed by atoms with E-state index in [1.54, 1.807) is 11.3 Å². The average molecular weight is 301 g/mol. The van der Waals surface area contributed by atoms with E-state index in [2.05, 4.69) is 35.0 Å². The van der Waals surface area contributed by atoms with Gasteiger partial charge in [-0.1, -0.05) is 36.4 Å². The summed E-state index contributed by atoms with van der Waals surface area (Å²) in [6.45, 7) is 0. The number of nitrogens with one attached hydrogen (secondary N) is 1. The lowest BCUT2D eigenvalue weighted by Gasteiger charge is -2.22. The Morgan fingerprint density at radius 1 is 1.30 bits per heavy atom. The van der Waals surface area contributed by atoms with Gasteiger partial charge in [-0.2, -0.15) is 5.10 Å². The Hall–Kier alpha value is -1.72. The highest BCUT2D eigenvalue weighted by Crippen LogP contribution is 2.34. The molecule has 1 aliphatic heterocycles.